The summed E-state index contributed by atoms with van der Waals surface area (Å²) < 4.78 is 49.8. The Bertz CT molecular complexity index is 542. The second kappa shape index (κ2) is 5.45. The Kier molecular flexibility index (Phi) is 4.05. The van der Waals surface area contributed by atoms with Gasteiger partial charge in [-0.15, -0.1) is 0 Å². The molecule has 20 heavy (non-hydrogen) atoms. The molecule has 1 aromatic heterocycles. The molecule has 0 unspecified atom stereocenters. The van der Waals surface area contributed by atoms with E-state index >= 15 is 0 Å². The van der Waals surface area contributed by atoms with Crippen LogP contribution in [-0.4, -0.2) is 31.0 Å². The third-order valence-corrected chi connectivity index (χ3v) is 3.32. The highest BCUT2D eigenvalue weighted by atomic mass is 19.4. The third kappa shape index (κ3) is 2.80. The van der Waals surface area contributed by atoms with Gasteiger partial charge in [-0.1, -0.05) is 0 Å². The van der Waals surface area contributed by atoms with E-state index in [1.165, 1.54) is 7.11 Å². The van der Waals surface area contributed by atoms with Crippen LogP contribution in [0.5, 0.6) is 0 Å². The average molecular weight is 292 g/mol. The molecule has 0 spiro atoms. The number of pyridine rings is 1. The van der Waals surface area contributed by atoms with Gasteiger partial charge in [-0.3, -0.25) is 4.79 Å². The summed E-state index contributed by atoms with van der Waals surface area (Å²) in [6.07, 6.45) is -3.68. The van der Waals surface area contributed by atoms with Crippen molar-refractivity contribution in [2.75, 3.05) is 26.1 Å². The molecule has 0 aromatic carbocycles. The summed E-state index contributed by atoms with van der Waals surface area (Å²) in [7, 11) is 1.45. The summed E-state index contributed by atoms with van der Waals surface area (Å²) in [5, 5.41) is 0. The van der Waals surface area contributed by atoms with Gasteiger partial charge in [0.25, 0.3) is 5.56 Å². The first kappa shape index (κ1) is 14.9. The highest BCUT2D eigenvalue weighted by Gasteiger charge is 2.34. The summed E-state index contributed by atoms with van der Waals surface area (Å²) in [6.45, 7) is 0.553. The van der Waals surface area contributed by atoms with Gasteiger partial charge >= 0.3 is 6.18 Å². The molecule has 2 heterocycles. The van der Waals surface area contributed by atoms with Gasteiger partial charge in [0.15, 0.2) is 0 Å². The number of nitrogen functional groups attached to an aromatic ring is 1. The van der Waals surface area contributed by atoms with Crippen LogP contribution in [0.4, 0.5) is 18.9 Å². The van der Waals surface area contributed by atoms with Crippen molar-refractivity contribution < 1.29 is 22.6 Å². The topological polar surface area (TPSA) is 66.5 Å². The second-order valence-corrected chi connectivity index (χ2v) is 4.60. The predicted octanol–water partition coefficient (Wildman–Crippen LogP) is 1.43. The van der Waals surface area contributed by atoms with Gasteiger partial charge in [-0.25, -0.2) is 0 Å². The van der Waals surface area contributed by atoms with E-state index in [2.05, 4.69) is 0 Å². The number of halogens is 3. The number of nitrogens with two attached hydrogens (primary N) is 1. The van der Waals surface area contributed by atoms with Crippen molar-refractivity contribution in [2.45, 2.75) is 24.7 Å². The smallest absolute Gasteiger partial charge is 0.394 e. The predicted molar refractivity (Wildman–Crippen MR) is 65.4 cm³/mol. The van der Waals surface area contributed by atoms with Gasteiger partial charge in [-0.05, 0) is 12.5 Å². The minimum absolute atomic E-state index is 0.110. The van der Waals surface area contributed by atoms with E-state index in [-0.39, 0.29) is 12.7 Å². The maximum Gasteiger partial charge on any atom is 0.417 e. The monoisotopic (exact) mass is 292 g/mol. The maximum atomic E-state index is 12.8. The van der Waals surface area contributed by atoms with Crippen LogP contribution in [0.3, 0.4) is 0 Å². The molecule has 1 aromatic rings. The van der Waals surface area contributed by atoms with E-state index in [4.69, 9.17) is 15.2 Å². The Balaban J connectivity index is 2.49. The van der Waals surface area contributed by atoms with Gasteiger partial charge in [-0.2, -0.15) is 13.2 Å². The summed E-state index contributed by atoms with van der Waals surface area (Å²) in [6, 6.07) is 0.0236. The molecule has 0 radical (unpaired) electrons. The van der Waals surface area contributed by atoms with Crippen LogP contribution in [0.2, 0.25) is 0 Å². The molecule has 8 heteroatoms. The molecule has 1 saturated heterocycles. The van der Waals surface area contributed by atoms with E-state index in [0.717, 1.165) is 10.8 Å². The molecule has 1 aliphatic heterocycles. The zero-order valence-corrected chi connectivity index (χ0v) is 10.8. The molecule has 0 bridgehead atoms. The van der Waals surface area contributed by atoms with Gasteiger partial charge in [0.05, 0.1) is 30.0 Å². The van der Waals surface area contributed by atoms with E-state index in [9.17, 15) is 18.0 Å². The third-order valence-electron chi connectivity index (χ3n) is 3.32. The lowest BCUT2D eigenvalue weighted by atomic mass is 10.1. The van der Waals surface area contributed by atoms with E-state index < -0.39 is 29.0 Å². The molecule has 0 aliphatic carbocycles. The molecule has 0 amide bonds. The minimum Gasteiger partial charge on any atom is -0.394 e. The molecule has 112 valence electrons. The van der Waals surface area contributed by atoms with Gasteiger partial charge in [0.2, 0.25) is 0 Å². The largest absolute Gasteiger partial charge is 0.417 e. The molecular formula is C12H15F3N2O3. The molecule has 1 fully saturated rings. The molecule has 2 rings (SSSR count). The summed E-state index contributed by atoms with van der Waals surface area (Å²) in [4.78, 5) is 12.0. The number of nitrogens with zero attached hydrogens (tertiary/aromatic N) is 1. The van der Waals surface area contributed by atoms with E-state index in [0.29, 0.717) is 19.1 Å². The van der Waals surface area contributed by atoms with Crippen molar-refractivity contribution in [2.24, 2.45) is 0 Å². The standard InChI is InChI=1S/C12H15F3N2O3/c1-19-10-2-3-20-6-9(10)17-5-7(12(13,14)15)4-8(16)11(17)18/h4-5,9-10H,2-3,6,16H2,1H3/t9-,10-/m1/s1. The van der Waals surface area contributed by atoms with Crippen LogP contribution in [0.15, 0.2) is 17.1 Å². The van der Waals surface area contributed by atoms with Crippen molar-refractivity contribution in [3.05, 3.63) is 28.2 Å². The van der Waals surface area contributed by atoms with Crippen LogP contribution in [0.1, 0.15) is 18.0 Å². The van der Waals surface area contributed by atoms with Crippen LogP contribution < -0.4 is 11.3 Å². The summed E-state index contributed by atoms with van der Waals surface area (Å²) in [5.41, 5.74) is 3.32. The fourth-order valence-corrected chi connectivity index (χ4v) is 2.26. The van der Waals surface area contributed by atoms with Crippen molar-refractivity contribution in [1.82, 2.24) is 4.57 Å². The van der Waals surface area contributed by atoms with Crippen LogP contribution in [0, 0.1) is 0 Å². The first-order valence-corrected chi connectivity index (χ1v) is 6.04. The maximum absolute atomic E-state index is 12.8. The number of rotatable bonds is 2. The highest BCUT2D eigenvalue weighted by molar-refractivity contribution is 5.39. The summed E-state index contributed by atoms with van der Waals surface area (Å²) >= 11 is 0. The molecular weight excluding hydrogens is 277 g/mol. The minimum atomic E-state index is -4.57. The number of hydrogen-bond acceptors (Lipinski definition) is 4. The normalized spacial score (nSPS) is 23.8. The zero-order chi connectivity index (χ0) is 14.9. The molecule has 5 nitrogen and oxygen atoms in total. The lowest BCUT2D eigenvalue weighted by Crippen LogP contribution is -2.41. The van der Waals surface area contributed by atoms with Gasteiger partial charge < -0.3 is 19.8 Å². The molecule has 2 N–H and O–H groups in total. The molecule has 1 aliphatic rings. The lowest BCUT2D eigenvalue weighted by molar-refractivity contribution is -0.138. The summed E-state index contributed by atoms with van der Waals surface area (Å²) in [5.74, 6) is 0. The number of methoxy groups -OCH3 is 1. The Hall–Kier alpha value is -1.54. The number of anilines is 1. The zero-order valence-electron chi connectivity index (χ0n) is 10.8. The van der Waals surface area contributed by atoms with Crippen LogP contribution in [0.25, 0.3) is 0 Å². The lowest BCUT2D eigenvalue weighted by Gasteiger charge is -2.32. The second-order valence-electron chi connectivity index (χ2n) is 4.60. The number of alkyl halides is 3. The highest BCUT2D eigenvalue weighted by Crippen LogP contribution is 2.31. The van der Waals surface area contributed by atoms with E-state index in [1.807, 2.05) is 0 Å². The quantitative estimate of drug-likeness (QED) is 0.895. The Morgan fingerprint density at radius 1 is 1.50 bits per heavy atom. The van der Waals surface area contributed by atoms with Gasteiger partial charge in [0.1, 0.15) is 0 Å². The van der Waals surface area contributed by atoms with Crippen molar-refractivity contribution in [3.63, 3.8) is 0 Å². The molecule has 2 atom stereocenters. The SMILES string of the molecule is CO[C@@H]1CCOC[C@H]1n1cc(C(F)(F)F)cc(N)c1=O. The van der Waals surface area contributed by atoms with E-state index in [1.54, 1.807) is 0 Å². The fourth-order valence-electron chi connectivity index (χ4n) is 2.26. The first-order chi connectivity index (χ1) is 9.34. The Morgan fingerprint density at radius 3 is 2.80 bits per heavy atom. The number of ether oxygens (including phenoxy) is 2. The fraction of sp³-hybridized carbons (Fsp3) is 0.583. The van der Waals surface area contributed by atoms with Gasteiger partial charge in [0, 0.05) is 19.9 Å². The Morgan fingerprint density at radius 2 is 2.20 bits per heavy atom. The average Bonchev–Trinajstić information content (AvgIpc) is 2.40. The molecule has 0 saturated carbocycles. The van der Waals surface area contributed by atoms with Crippen molar-refractivity contribution in [1.29, 1.82) is 0 Å². The number of aromatic nitrogens is 1. The number of hydrogen-bond donors (Lipinski definition) is 1. The Labute approximate surface area is 113 Å². The van der Waals surface area contributed by atoms with Crippen molar-refractivity contribution >= 4 is 5.69 Å². The van der Waals surface area contributed by atoms with Crippen LogP contribution >= 0.6 is 0 Å². The van der Waals surface area contributed by atoms with Crippen LogP contribution in [-0.2, 0) is 15.7 Å². The first-order valence-electron chi connectivity index (χ1n) is 6.04. The van der Waals surface area contributed by atoms with Crippen molar-refractivity contribution in [3.8, 4) is 0 Å².